The maximum atomic E-state index is 9.94. The van der Waals surface area contributed by atoms with Crippen molar-refractivity contribution >= 4 is 27.9 Å². The van der Waals surface area contributed by atoms with Gasteiger partial charge in [-0.1, -0.05) is 22.9 Å². The summed E-state index contributed by atoms with van der Waals surface area (Å²) in [5, 5.41) is 9.90. The number of nitrogens with zero attached hydrogens (tertiary/aromatic N) is 1. The van der Waals surface area contributed by atoms with Gasteiger partial charge in [0.15, 0.2) is 0 Å². The average molecular weight is 163 g/mol. The minimum absolute atomic E-state index is 0.0417. The highest BCUT2D eigenvalue weighted by Crippen LogP contribution is 2.26. The Balaban J connectivity index is 2.98. The van der Waals surface area contributed by atoms with Crippen LogP contribution in [-0.4, -0.2) is 4.92 Å². The highest BCUT2D eigenvalue weighted by atomic mass is 35.5. The first-order chi connectivity index (χ1) is 4.20. The van der Waals surface area contributed by atoms with Crippen LogP contribution in [0.15, 0.2) is 6.07 Å². The van der Waals surface area contributed by atoms with Gasteiger partial charge >= 0.3 is 5.00 Å². The number of hydrogen-bond acceptors (Lipinski definition) is 3. The van der Waals surface area contributed by atoms with Crippen LogP contribution in [-0.2, 0) is 0 Å². The number of thiophene rings is 1. The molecule has 1 radical (unpaired) electrons. The van der Waals surface area contributed by atoms with Crippen LogP contribution in [0.1, 0.15) is 0 Å². The third-order valence-electron chi connectivity index (χ3n) is 0.669. The van der Waals surface area contributed by atoms with Gasteiger partial charge in [0, 0.05) is 0 Å². The fourth-order valence-corrected chi connectivity index (χ4v) is 1.13. The van der Waals surface area contributed by atoms with E-state index in [4.69, 9.17) is 11.6 Å². The van der Waals surface area contributed by atoms with Crippen LogP contribution in [0, 0.1) is 16.2 Å². The molecular formula is C4HClNO2S. The van der Waals surface area contributed by atoms with E-state index in [1.165, 1.54) is 6.07 Å². The highest BCUT2D eigenvalue weighted by Gasteiger charge is 2.07. The summed E-state index contributed by atoms with van der Waals surface area (Å²) < 4.78 is 0.390. The van der Waals surface area contributed by atoms with Gasteiger partial charge < -0.3 is 0 Å². The molecule has 0 aliphatic heterocycles. The zero-order chi connectivity index (χ0) is 6.85. The lowest BCUT2D eigenvalue weighted by molar-refractivity contribution is -0.380. The van der Waals surface area contributed by atoms with E-state index in [1.807, 2.05) is 0 Å². The van der Waals surface area contributed by atoms with E-state index in [1.54, 1.807) is 0 Å². The molecule has 0 aliphatic rings. The maximum absolute atomic E-state index is 9.94. The predicted octanol–water partition coefficient (Wildman–Crippen LogP) is 2.11. The third-order valence-corrected chi connectivity index (χ3v) is 1.78. The van der Waals surface area contributed by atoms with Crippen LogP contribution < -0.4 is 0 Å². The standard InChI is InChI=1S/C4HClNO2S/c5-3-1-2-4(9-3)6(7)8/h1H. The Labute approximate surface area is 60.0 Å². The molecule has 0 N–H and O–H groups in total. The van der Waals surface area contributed by atoms with Gasteiger partial charge in [0.25, 0.3) is 0 Å². The Bertz CT molecular complexity index is 234. The van der Waals surface area contributed by atoms with E-state index < -0.39 is 4.92 Å². The van der Waals surface area contributed by atoms with Crippen LogP contribution in [0.2, 0.25) is 4.34 Å². The quantitative estimate of drug-likeness (QED) is 0.469. The minimum Gasteiger partial charge on any atom is -0.258 e. The van der Waals surface area contributed by atoms with E-state index in [0.717, 1.165) is 11.3 Å². The fraction of sp³-hybridized carbons (Fsp3) is 0. The molecule has 0 aliphatic carbocycles. The Morgan fingerprint density at radius 3 is 2.78 bits per heavy atom. The van der Waals surface area contributed by atoms with Gasteiger partial charge in [-0.05, 0) is 6.07 Å². The van der Waals surface area contributed by atoms with Crippen LogP contribution >= 0.6 is 22.9 Å². The van der Waals surface area contributed by atoms with Crippen molar-refractivity contribution in [3.63, 3.8) is 0 Å². The molecule has 0 aromatic carbocycles. The van der Waals surface area contributed by atoms with E-state index in [2.05, 4.69) is 6.07 Å². The monoisotopic (exact) mass is 162 g/mol. The molecule has 1 aromatic rings. The molecule has 9 heavy (non-hydrogen) atoms. The smallest absolute Gasteiger partial charge is 0.258 e. The molecule has 0 amide bonds. The van der Waals surface area contributed by atoms with Crippen LogP contribution in [0.4, 0.5) is 5.00 Å². The van der Waals surface area contributed by atoms with Crippen LogP contribution in [0.3, 0.4) is 0 Å². The van der Waals surface area contributed by atoms with Gasteiger partial charge in [-0.25, -0.2) is 0 Å². The van der Waals surface area contributed by atoms with Crippen molar-refractivity contribution in [1.29, 1.82) is 0 Å². The molecule has 5 heteroatoms. The first-order valence-electron chi connectivity index (χ1n) is 2.01. The average Bonchev–Trinajstić information content (AvgIpc) is 2.14. The van der Waals surface area contributed by atoms with Crippen molar-refractivity contribution < 1.29 is 4.92 Å². The molecule has 0 atom stereocenters. The van der Waals surface area contributed by atoms with Crippen molar-refractivity contribution in [2.45, 2.75) is 0 Å². The largest absolute Gasteiger partial charge is 0.333 e. The second-order valence-corrected chi connectivity index (χ2v) is 2.92. The molecule has 0 unspecified atom stereocenters. The van der Waals surface area contributed by atoms with Gasteiger partial charge in [-0.15, -0.1) is 0 Å². The lowest BCUT2D eigenvalue weighted by atomic mass is 10.6. The number of nitro groups is 1. The first-order valence-corrected chi connectivity index (χ1v) is 3.21. The predicted molar refractivity (Wildman–Crippen MR) is 34.8 cm³/mol. The normalized spacial score (nSPS) is 9.44. The molecule has 0 saturated carbocycles. The molecule has 1 aromatic heterocycles. The van der Waals surface area contributed by atoms with Crippen LogP contribution in [0.5, 0.6) is 0 Å². The van der Waals surface area contributed by atoms with E-state index in [-0.39, 0.29) is 5.00 Å². The number of hydrogen-bond donors (Lipinski definition) is 0. The molecular weight excluding hydrogens is 162 g/mol. The van der Waals surface area contributed by atoms with Gasteiger partial charge in [0.1, 0.15) is 4.34 Å². The first kappa shape index (κ1) is 6.51. The van der Waals surface area contributed by atoms with Crippen molar-refractivity contribution in [3.05, 3.63) is 26.6 Å². The van der Waals surface area contributed by atoms with Gasteiger partial charge in [0.05, 0.1) is 11.0 Å². The molecule has 0 fully saturated rings. The van der Waals surface area contributed by atoms with Crippen molar-refractivity contribution in [2.24, 2.45) is 0 Å². The van der Waals surface area contributed by atoms with Crippen LogP contribution in [0.25, 0.3) is 0 Å². The lowest BCUT2D eigenvalue weighted by Gasteiger charge is -1.77. The molecule has 3 nitrogen and oxygen atoms in total. The summed E-state index contributed by atoms with van der Waals surface area (Å²) >= 11 is 6.29. The van der Waals surface area contributed by atoms with E-state index >= 15 is 0 Å². The molecule has 0 saturated heterocycles. The summed E-state index contributed by atoms with van der Waals surface area (Å²) in [6, 6.07) is 3.77. The summed E-state index contributed by atoms with van der Waals surface area (Å²) in [5.74, 6) is 0. The molecule has 0 spiro atoms. The van der Waals surface area contributed by atoms with Gasteiger partial charge in [0.2, 0.25) is 0 Å². The summed E-state index contributed by atoms with van der Waals surface area (Å²) in [7, 11) is 0. The Kier molecular flexibility index (Phi) is 1.68. The minimum atomic E-state index is -0.517. The molecule has 0 bridgehead atoms. The number of halogens is 1. The Morgan fingerprint density at radius 2 is 2.56 bits per heavy atom. The van der Waals surface area contributed by atoms with Crippen molar-refractivity contribution in [3.8, 4) is 0 Å². The third kappa shape index (κ3) is 1.40. The number of rotatable bonds is 1. The highest BCUT2D eigenvalue weighted by molar-refractivity contribution is 7.19. The zero-order valence-corrected chi connectivity index (χ0v) is 5.70. The second-order valence-electron chi connectivity index (χ2n) is 1.26. The van der Waals surface area contributed by atoms with E-state index in [0.29, 0.717) is 4.34 Å². The molecule has 1 rings (SSSR count). The molecule has 1 heterocycles. The summed E-state index contributed by atoms with van der Waals surface area (Å²) in [6.45, 7) is 0. The Hall–Kier alpha value is -0.610. The van der Waals surface area contributed by atoms with Crippen molar-refractivity contribution in [2.75, 3.05) is 0 Å². The second kappa shape index (κ2) is 2.33. The lowest BCUT2D eigenvalue weighted by Crippen LogP contribution is -1.80. The van der Waals surface area contributed by atoms with Gasteiger partial charge in [-0.3, -0.25) is 10.1 Å². The zero-order valence-electron chi connectivity index (χ0n) is 4.13. The van der Waals surface area contributed by atoms with Crippen molar-refractivity contribution in [1.82, 2.24) is 0 Å². The fourth-order valence-electron chi connectivity index (χ4n) is 0.360. The summed E-state index contributed by atoms with van der Waals surface area (Å²) in [5.41, 5.74) is 0. The Morgan fingerprint density at radius 1 is 1.89 bits per heavy atom. The maximum Gasteiger partial charge on any atom is 0.333 e. The summed E-state index contributed by atoms with van der Waals surface area (Å²) in [4.78, 5) is 9.42. The van der Waals surface area contributed by atoms with E-state index in [9.17, 15) is 10.1 Å². The van der Waals surface area contributed by atoms with Gasteiger partial charge in [-0.2, -0.15) is 0 Å². The topological polar surface area (TPSA) is 43.1 Å². The SMILES string of the molecule is O=[N+]([O-])c1[c]cc(Cl)s1. The summed E-state index contributed by atoms with van der Waals surface area (Å²) in [6.07, 6.45) is 0. The molecule has 47 valence electrons.